The van der Waals surface area contributed by atoms with Crippen LogP contribution in [0.5, 0.6) is 0 Å². The van der Waals surface area contributed by atoms with E-state index in [2.05, 4.69) is 26.0 Å². The van der Waals surface area contributed by atoms with Gasteiger partial charge in [-0.05, 0) is 6.42 Å². The first-order valence-corrected chi connectivity index (χ1v) is 6.03. The molecular formula is C13H22NOY-. The van der Waals surface area contributed by atoms with Crippen molar-refractivity contribution in [3.8, 4) is 0 Å². The summed E-state index contributed by atoms with van der Waals surface area (Å²) in [6.07, 6.45) is 10.6. The second-order valence-corrected chi connectivity index (χ2v) is 4.16. The summed E-state index contributed by atoms with van der Waals surface area (Å²) in [4.78, 5) is 13.3. The zero-order chi connectivity index (χ0) is 11.1. The zero-order valence-corrected chi connectivity index (χ0v) is 13.2. The van der Waals surface area contributed by atoms with Crippen LogP contribution in [0.2, 0.25) is 0 Å². The van der Waals surface area contributed by atoms with Crippen molar-refractivity contribution >= 4 is 5.91 Å². The van der Waals surface area contributed by atoms with E-state index in [1.807, 2.05) is 4.90 Å². The smallest absolute Gasteiger partial charge is 0.225 e. The fourth-order valence-electron chi connectivity index (χ4n) is 1.89. The fraction of sp³-hybridized carbons (Fsp3) is 0.692. The molecule has 1 radical (unpaired) electrons. The van der Waals surface area contributed by atoms with Gasteiger partial charge in [0.05, 0.1) is 0 Å². The summed E-state index contributed by atoms with van der Waals surface area (Å²) in [5.41, 5.74) is 0. The Morgan fingerprint density at radius 1 is 1.50 bits per heavy atom. The molecule has 2 nitrogen and oxygen atoms in total. The van der Waals surface area contributed by atoms with Gasteiger partial charge in [-0.3, -0.25) is 4.79 Å². The number of β-lactam (4-membered cyclic amide) rings is 1. The van der Waals surface area contributed by atoms with Crippen LogP contribution in [0.15, 0.2) is 12.2 Å². The van der Waals surface area contributed by atoms with Crippen LogP contribution in [0.3, 0.4) is 0 Å². The van der Waals surface area contributed by atoms with Crippen LogP contribution < -0.4 is 0 Å². The maximum atomic E-state index is 11.3. The van der Waals surface area contributed by atoms with Crippen LogP contribution in [0.4, 0.5) is 0 Å². The Hall–Kier alpha value is 0.314. The van der Waals surface area contributed by atoms with E-state index in [9.17, 15) is 4.79 Å². The average molecular weight is 297 g/mol. The molecule has 0 saturated carbocycles. The van der Waals surface area contributed by atoms with Gasteiger partial charge in [-0.2, -0.15) is 6.42 Å². The van der Waals surface area contributed by atoms with Crippen molar-refractivity contribution in [3.05, 3.63) is 19.1 Å². The van der Waals surface area contributed by atoms with Gasteiger partial charge < -0.3 is 11.8 Å². The Labute approximate surface area is 125 Å². The van der Waals surface area contributed by atoms with Gasteiger partial charge in [0.25, 0.3) is 0 Å². The molecule has 1 aliphatic rings. The van der Waals surface area contributed by atoms with Gasteiger partial charge in [-0.25, -0.2) is 0 Å². The number of carbonyl (C=O) groups is 1. The molecule has 1 unspecified atom stereocenters. The van der Waals surface area contributed by atoms with E-state index in [4.69, 9.17) is 0 Å². The predicted molar refractivity (Wildman–Crippen MR) is 63.4 cm³/mol. The number of unbranched alkanes of at least 4 members (excludes halogenated alkanes) is 2. The Morgan fingerprint density at radius 3 is 2.81 bits per heavy atom. The first-order valence-electron chi connectivity index (χ1n) is 6.03. The SMILES string of the molecule is [CH2-]CC/C=C\CN1C(=O)CC1CCCC.[Y]. The van der Waals surface area contributed by atoms with Crippen molar-refractivity contribution in [2.45, 2.75) is 51.5 Å². The molecule has 0 aromatic carbocycles. The van der Waals surface area contributed by atoms with E-state index < -0.39 is 0 Å². The molecule has 3 heteroatoms. The van der Waals surface area contributed by atoms with Crippen molar-refractivity contribution in [3.63, 3.8) is 0 Å². The van der Waals surface area contributed by atoms with Crippen molar-refractivity contribution in [2.24, 2.45) is 0 Å². The molecule has 1 aliphatic heterocycles. The number of hydrogen-bond donors (Lipinski definition) is 0. The van der Waals surface area contributed by atoms with Gasteiger partial charge in [-0.1, -0.05) is 38.3 Å². The summed E-state index contributed by atoms with van der Waals surface area (Å²) >= 11 is 0. The standard InChI is InChI=1S/C13H22NO.Y/c1-3-5-7-8-10-14-12(9-6-4-2)11-13(14)15;/h7-8,12H,1,3-6,9-11H2,2H3;/q-1;/b8-7-;. The molecule has 16 heavy (non-hydrogen) atoms. The van der Waals surface area contributed by atoms with E-state index in [0.29, 0.717) is 11.9 Å². The average Bonchev–Trinajstić information content (AvgIpc) is 2.23. The van der Waals surface area contributed by atoms with E-state index in [1.54, 1.807) is 0 Å². The van der Waals surface area contributed by atoms with Crippen LogP contribution in [-0.4, -0.2) is 23.4 Å². The topological polar surface area (TPSA) is 20.3 Å². The second-order valence-electron chi connectivity index (χ2n) is 4.16. The van der Waals surface area contributed by atoms with Crippen molar-refractivity contribution < 1.29 is 37.5 Å². The summed E-state index contributed by atoms with van der Waals surface area (Å²) in [7, 11) is 0. The molecule has 1 heterocycles. The number of carbonyl (C=O) groups excluding carboxylic acids is 1. The van der Waals surface area contributed by atoms with Crippen LogP contribution in [-0.2, 0) is 37.5 Å². The first kappa shape index (κ1) is 16.3. The van der Waals surface area contributed by atoms with Gasteiger partial charge in [0, 0.05) is 51.7 Å². The van der Waals surface area contributed by atoms with Gasteiger partial charge in [-0.15, -0.1) is 0 Å². The first-order chi connectivity index (χ1) is 7.29. The Bertz CT molecular complexity index is 228. The van der Waals surface area contributed by atoms with E-state index in [0.717, 1.165) is 25.8 Å². The Balaban J connectivity index is 0.00000225. The maximum absolute atomic E-state index is 11.3. The summed E-state index contributed by atoms with van der Waals surface area (Å²) in [6.45, 7) is 6.77. The molecule has 1 atom stereocenters. The number of likely N-dealkylation sites (tertiary alicyclic amines) is 1. The largest absolute Gasteiger partial charge is 0.343 e. The normalized spacial score (nSPS) is 19.8. The quantitative estimate of drug-likeness (QED) is 0.402. The number of allylic oxidation sites excluding steroid dienone is 1. The van der Waals surface area contributed by atoms with Crippen LogP contribution in [0.1, 0.15) is 45.4 Å². The molecule has 0 spiro atoms. The van der Waals surface area contributed by atoms with Crippen LogP contribution in [0, 0.1) is 6.92 Å². The van der Waals surface area contributed by atoms with Crippen molar-refractivity contribution in [2.75, 3.05) is 6.54 Å². The minimum Gasteiger partial charge on any atom is -0.343 e. The van der Waals surface area contributed by atoms with Crippen molar-refractivity contribution in [1.82, 2.24) is 4.90 Å². The predicted octanol–water partition coefficient (Wildman–Crippen LogP) is 2.95. The molecule has 0 aliphatic carbocycles. The fourth-order valence-corrected chi connectivity index (χ4v) is 1.89. The molecule has 0 bridgehead atoms. The third-order valence-electron chi connectivity index (χ3n) is 2.90. The number of rotatable bonds is 7. The molecule has 1 fully saturated rings. The zero-order valence-electron chi connectivity index (χ0n) is 10.3. The molecule has 1 amide bonds. The molecule has 0 aromatic heterocycles. The molecule has 0 N–H and O–H groups in total. The second kappa shape index (κ2) is 9.35. The monoisotopic (exact) mass is 297 g/mol. The summed E-state index contributed by atoms with van der Waals surface area (Å²) in [6, 6.07) is 0.516. The minimum atomic E-state index is 0. The number of hydrogen-bond acceptors (Lipinski definition) is 1. The van der Waals surface area contributed by atoms with Gasteiger partial charge in [0.2, 0.25) is 5.91 Å². The number of nitrogens with zero attached hydrogens (tertiary/aromatic N) is 1. The molecule has 89 valence electrons. The van der Waals surface area contributed by atoms with E-state index >= 15 is 0 Å². The van der Waals surface area contributed by atoms with E-state index in [1.165, 1.54) is 19.3 Å². The van der Waals surface area contributed by atoms with Crippen molar-refractivity contribution in [1.29, 1.82) is 0 Å². The Kier molecular flexibility index (Phi) is 9.54. The summed E-state index contributed by atoms with van der Waals surface area (Å²) in [5, 5.41) is 0. The van der Waals surface area contributed by atoms with E-state index in [-0.39, 0.29) is 32.7 Å². The van der Waals surface area contributed by atoms with Crippen LogP contribution >= 0.6 is 0 Å². The number of amides is 1. The molecule has 1 rings (SSSR count). The van der Waals surface area contributed by atoms with Crippen LogP contribution in [0.25, 0.3) is 0 Å². The Morgan fingerprint density at radius 2 is 2.25 bits per heavy atom. The molecule has 1 saturated heterocycles. The third kappa shape index (κ3) is 5.10. The van der Waals surface area contributed by atoms with Gasteiger partial charge in [0.15, 0.2) is 0 Å². The van der Waals surface area contributed by atoms with Gasteiger partial charge >= 0.3 is 0 Å². The third-order valence-corrected chi connectivity index (χ3v) is 2.90. The maximum Gasteiger partial charge on any atom is 0.225 e. The minimum absolute atomic E-state index is 0. The summed E-state index contributed by atoms with van der Waals surface area (Å²) < 4.78 is 0. The molecular weight excluding hydrogens is 275 g/mol. The summed E-state index contributed by atoms with van der Waals surface area (Å²) in [5.74, 6) is 0.315. The van der Waals surface area contributed by atoms with Gasteiger partial charge in [0.1, 0.15) is 0 Å². The molecule has 0 aromatic rings.